The van der Waals surface area contributed by atoms with Gasteiger partial charge in [-0.25, -0.2) is 4.98 Å². The number of aromatic nitrogens is 1. The second kappa shape index (κ2) is 7.78. The van der Waals surface area contributed by atoms with Crippen LogP contribution >= 0.6 is 11.8 Å². The molecule has 0 aliphatic heterocycles. The molecule has 0 bridgehead atoms. The highest BCUT2D eigenvalue weighted by Crippen LogP contribution is 2.17. The molecule has 0 spiro atoms. The van der Waals surface area contributed by atoms with Gasteiger partial charge in [-0.15, -0.1) is 11.8 Å². The van der Waals surface area contributed by atoms with Crippen molar-refractivity contribution in [2.75, 3.05) is 6.26 Å². The van der Waals surface area contributed by atoms with Gasteiger partial charge in [0.15, 0.2) is 0 Å². The van der Waals surface area contributed by atoms with Crippen LogP contribution in [0.5, 0.6) is 0 Å². The van der Waals surface area contributed by atoms with Gasteiger partial charge >= 0.3 is 5.97 Å². The predicted octanol–water partition coefficient (Wildman–Crippen LogP) is 2.18. The Hall–Kier alpha value is -1.56. The zero-order valence-electron chi connectivity index (χ0n) is 11.0. The number of carbonyl (C=O) groups excluding carboxylic acids is 1. The van der Waals surface area contributed by atoms with E-state index in [4.69, 9.17) is 5.11 Å². The predicted molar refractivity (Wildman–Crippen MR) is 74.4 cm³/mol. The van der Waals surface area contributed by atoms with Crippen LogP contribution in [-0.4, -0.2) is 34.3 Å². The topological polar surface area (TPSA) is 79.3 Å². The lowest BCUT2D eigenvalue weighted by Crippen LogP contribution is -2.36. The number of carboxylic acid groups (broad SMARTS) is 1. The van der Waals surface area contributed by atoms with Crippen LogP contribution in [0.15, 0.2) is 23.4 Å². The van der Waals surface area contributed by atoms with Gasteiger partial charge in [0.25, 0.3) is 5.91 Å². The Balaban J connectivity index is 2.78. The van der Waals surface area contributed by atoms with Gasteiger partial charge < -0.3 is 10.4 Å². The van der Waals surface area contributed by atoms with Gasteiger partial charge in [0, 0.05) is 12.2 Å². The minimum atomic E-state index is -0.907. The maximum absolute atomic E-state index is 12.1. The van der Waals surface area contributed by atoms with Gasteiger partial charge in [-0.1, -0.05) is 13.3 Å². The van der Waals surface area contributed by atoms with Crippen LogP contribution in [0.4, 0.5) is 0 Å². The number of hydrogen-bond acceptors (Lipinski definition) is 4. The molecular formula is C13H18N2O3S. The first kappa shape index (κ1) is 15.5. The Morgan fingerprint density at radius 1 is 1.53 bits per heavy atom. The van der Waals surface area contributed by atoms with Crippen molar-refractivity contribution in [2.45, 2.75) is 37.3 Å². The largest absolute Gasteiger partial charge is 0.481 e. The fraction of sp³-hybridized carbons (Fsp3) is 0.462. The summed E-state index contributed by atoms with van der Waals surface area (Å²) in [5.41, 5.74) is 0.487. The van der Waals surface area contributed by atoms with Crippen LogP contribution in [0, 0.1) is 0 Å². The molecule has 1 heterocycles. The fourth-order valence-corrected chi connectivity index (χ4v) is 2.32. The second-order valence-electron chi connectivity index (χ2n) is 4.12. The van der Waals surface area contributed by atoms with Crippen molar-refractivity contribution >= 4 is 23.6 Å². The zero-order chi connectivity index (χ0) is 14.3. The average Bonchev–Trinajstić information content (AvgIpc) is 2.38. The van der Waals surface area contributed by atoms with Crippen molar-refractivity contribution in [3.05, 3.63) is 23.9 Å². The summed E-state index contributed by atoms with van der Waals surface area (Å²) in [5.74, 6) is -1.17. The monoisotopic (exact) mass is 282 g/mol. The summed E-state index contributed by atoms with van der Waals surface area (Å²) in [5, 5.41) is 12.2. The molecule has 1 atom stereocenters. The van der Waals surface area contributed by atoms with E-state index in [1.165, 1.54) is 11.8 Å². The Labute approximate surface area is 116 Å². The number of nitrogens with one attached hydrogen (secondary N) is 1. The molecule has 0 radical (unpaired) electrons. The Bertz CT molecular complexity index is 451. The summed E-state index contributed by atoms with van der Waals surface area (Å²) >= 11 is 1.39. The van der Waals surface area contributed by atoms with Gasteiger partial charge in [0.05, 0.1) is 12.0 Å². The molecular weight excluding hydrogens is 264 g/mol. The van der Waals surface area contributed by atoms with Crippen LogP contribution in [0.25, 0.3) is 0 Å². The van der Waals surface area contributed by atoms with E-state index in [2.05, 4.69) is 10.3 Å². The van der Waals surface area contributed by atoms with E-state index in [1.807, 2.05) is 13.2 Å². The van der Waals surface area contributed by atoms with Crippen molar-refractivity contribution in [3.63, 3.8) is 0 Å². The number of amides is 1. The summed E-state index contributed by atoms with van der Waals surface area (Å²) in [6.07, 6.45) is 4.88. The number of pyridine rings is 1. The first-order chi connectivity index (χ1) is 9.08. The molecule has 1 amide bonds. The standard InChI is InChI=1S/C13H18N2O3S/c1-3-5-9(8-11(16)17)15-12(18)10-6-4-7-14-13(10)19-2/h4,6-7,9H,3,5,8H2,1-2H3,(H,15,18)(H,16,17). The van der Waals surface area contributed by atoms with Crippen LogP contribution < -0.4 is 5.32 Å². The molecule has 0 aliphatic rings. The molecule has 1 aromatic heterocycles. The SMILES string of the molecule is CCCC(CC(=O)O)NC(=O)c1cccnc1SC. The molecule has 1 aromatic rings. The van der Waals surface area contributed by atoms with Crippen molar-refractivity contribution in [3.8, 4) is 0 Å². The van der Waals surface area contributed by atoms with E-state index >= 15 is 0 Å². The van der Waals surface area contributed by atoms with Gasteiger partial charge in [-0.3, -0.25) is 9.59 Å². The summed E-state index contributed by atoms with van der Waals surface area (Å²) in [6.45, 7) is 1.96. The van der Waals surface area contributed by atoms with Crippen molar-refractivity contribution in [1.82, 2.24) is 10.3 Å². The third-order valence-electron chi connectivity index (χ3n) is 2.60. The Morgan fingerprint density at radius 3 is 2.84 bits per heavy atom. The number of carbonyl (C=O) groups is 2. The summed E-state index contributed by atoms with van der Waals surface area (Å²) < 4.78 is 0. The quantitative estimate of drug-likeness (QED) is 0.749. The zero-order valence-corrected chi connectivity index (χ0v) is 11.9. The van der Waals surface area contributed by atoms with Crippen LogP contribution in [0.2, 0.25) is 0 Å². The third kappa shape index (κ3) is 4.90. The maximum Gasteiger partial charge on any atom is 0.305 e. The van der Waals surface area contributed by atoms with Crippen LogP contribution in [0.1, 0.15) is 36.5 Å². The lowest BCUT2D eigenvalue weighted by molar-refractivity contribution is -0.137. The number of hydrogen-bond donors (Lipinski definition) is 2. The summed E-state index contributed by atoms with van der Waals surface area (Å²) in [6, 6.07) is 3.04. The highest BCUT2D eigenvalue weighted by Gasteiger charge is 2.18. The summed E-state index contributed by atoms with van der Waals surface area (Å²) in [4.78, 5) is 27.0. The van der Waals surface area contributed by atoms with Gasteiger partial charge in [0.2, 0.25) is 0 Å². The molecule has 0 aliphatic carbocycles. The molecule has 1 unspecified atom stereocenters. The van der Waals surface area contributed by atoms with Crippen LogP contribution in [-0.2, 0) is 4.79 Å². The fourth-order valence-electron chi connectivity index (χ4n) is 1.77. The average molecular weight is 282 g/mol. The minimum absolute atomic E-state index is 0.0611. The van der Waals surface area contributed by atoms with E-state index in [9.17, 15) is 9.59 Å². The first-order valence-corrected chi connectivity index (χ1v) is 7.32. The highest BCUT2D eigenvalue weighted by atomic mass is 32.2. The molecule has 104 valence electrons. The van der Waals surface area contributed by atoms with Crippen molar-refractivity contribution in [1.29, 1.82) is 0 Å². The smallest absolute Gasteiger partial charge is 0.305 e. The lowest BCUT2D eigenvalue weighted by Gasteiger charge is -2.16. The molecule has 2 N–H and O–H groups in total. The normalized spacial score (nSPS) is 11.9. The van der Waals surface area contributed by atoms with Gasteiger partial charge in [-0.2, -0.15) is 0 Å². The molecule has 0 saturated carbocycles. The minimum Gasteiger partial charge on any atom is -0.481 e. The highest BCUT2D eigenvalue weighted by molar-refractivity contribution is 7.98. The molecule has 19 heavy (non-hydrogen) atoms. The number of aliphatic carboxylic acids is 1. The maximum atomic E-state index is 12.1. The van der Waals surface area contributed by atoms with Crippen molar-refractivity contribution in [2.24, 2.45) is 0 Å². The first-order valence-electron chi connectivity index (χ1n) is 6.10. The number of carboxylic acids is 1. The van der Waals surface area contributed by atoms with E-state index in [0.29, 0.717) is 17.0 Å². The summed E-state index contributed by atoms with van der Waals surface area (Å²) in [7, 11) is 0. The molecule has 0 saturated heterocycles. The van der Waals surface area contributed by atoms with Crippen LogP contribution in [0.3, 0.4) is 0 Å². The molecule has 1 rings (SSSR count). The van der Waals surface area contributed by atoms with Crippen molar-refractivity contribution < 1.29 is 14.7 Å². The van der Waals surface area contributed by atoms with E-state index < -0.39 is 5.97 Å². The van der Waals surface area contributed by atoms with E-state index in [-0.39, 0.29) is 18.4 Å². The lowest BCUT2D eigenvalue weighted by atomic mass is 10.1. The molecule has 5 nitrogen and oxygen atoms in total. The number of nitrogens with zero attached hydrogens (tertiary/aromatic N) is 1. The Kier molecular flexibility index (Phi) is 6.35. The van der Waals surface area contributed by atoms with Gasteiger partial charge in [-0.05, 0) is 24.8 Å². The molecule has 0 aromatic carbocycles. The number of rotatable bonds is 7. The molecule has 6 heteroatoms. The Morgan fingerprint density at radius 2 is 2.26 bits per heavy atom. The molecule has 0 fully saturated rings. The second-order valence-corrected chi connectivity index (χ2v) is 4.91. The van der Waals surface area contributed by atoms with E-state index in [0.717, 1.165) is 6.42 Å². The third-order valence-corrected chi connectivity index (χ3v) is 3.31. The van der Waals surface area contributed by atoms with E-state index in [1.54, 1.807) is 18.3 Å². The number of thioether (sulfide) groups is 1. The van der Waals surface area contributed by atoms with Gasteiger partial charge in [0.1, 0.15) is 5.03 Å².